The monoisotopic (exact) mass is 472 g/mol. The molecule has 2 atom stereocenters. The molecule has 2 aromatic carbocycles. The van der Waals surface area contributed by atoms with E-state index in [0.29, 0.717) is 37.0 Å². The number of benzene rings is 2. The van der Waals surface area contributed by atoms with Crippen molar-refractivity contribution in [2.24, 2.45) is 5.92 Å². The summed E-state index contributed by atoms with van der Waals surface area (Å²) >= 11 is 0. The Bertz CT molecular complexity index is 1030. The number of carbonyl (C=O) groups is 1. The second-order valence-electron chi connectivity index (χ2n) is 8.96. The number of carbonyl (C=O) groups excluding carboxylic acids is 1. The number of anilines is 1. The van der Waals surface area contributed by atoms with Crippen molar-refractivity contribution in [2.75, 3.05) is 18.4 Å². The summed E-state index contributed by atoms with van der Waals surface area (Å²) in [5, 5.41) is 2.87. The van der Waals surface area contributed by atoms with E-state index < -0.39 is 16.1 Å². The van der Waals surface area contributed by atoms with Crippen LogP contribution in [-0.2, 0) is 14.8 Å². The van der Waals surface area contributed by atoms with E-state index in [1.165, 1.54) is 0 Å². The van der Waals surface area contributed by atoms with Gasteiger partial charge in [0.25, 0.3) is 5.91 Å². The van der Waals surface area contributed by atoms with E-state index in [1.807, 2.05) is 31.2 Å². The van der Waals surface area contributed by atoms with Gasteiger partial charge >= 0.3 is 0 Å². The van der Waals surface area contributed by atoms with Gasteiger partial charge in [-0.15, -0.1) is 0 Å². The van der Waals surface area contributed by atoms with Gasteiger partial charge in [0.15, 0.2) is 6.10 Å². The fourth-order valence-electron chi connectivity index (χ4n) is 4.00. The molecule has 180 valence electrons. The van der Waals surface area contributed by atoms with Gasteiger partial charge in [-0.25, -0.2) is 8.42 Å². The van der Waals surface area contributed by atoms with Crippen molar-refractivity contribution in [1.82, 2.24) is 4.31 Å². The Balaban J connectivity index is 1.67. The lowest BCUT2D eigenvalue weighted by Crippen LogP contribution is -2.37. The van der Waals surface area contributed by atoms with Crippen LogP contribution in [-0.4, -0.2) is 37.8 Å². The van der Waals surface area contributed by atoms with Crippen LogP contribution < -0.4 is 10.1 Å². The van der Waals surface area contributed by atoms with E-state index >= 15 is 0 Å². The van der Waals surface area contributed by atoms with Crippen LogP contribution >= 0.6 is 0 Å². The van der Waals surface area contributed by atoms with Crippen LogP contribution in [0.5, 0.6) is 5.75 Å². The summed E-state index contributed by atoms with van der Waals surface area (Å²) in [4.78, 5) is 13.1. The van der Waals surface area contributed by atoms with Crippen molar-refractivity contribution >= 4 is 21.6 Å². The van der Waals surface area contributed by atoms with Crippen LogP contribution in [0.1, 0.15) is 64.9 Å². The molecule has 1 amide bonds. The Kier molecular flexibility index (Phi) is 8.54. The lowest BCUT2D eigenvalue weighted by atomic mass is 9.98. The molecule has 3 rings (SSSR count). The summed E-state index contributed by atoms with van der Waals surface area (Å²) < 4.78 is 33.5. The minimum absolute atomic E-state index is 0.251. The highest BCUT2D eigenvalue weighted by Gasteiger charge is 2.28. The van der Waals surface area contributed by atoms with Crippen LogP contribution in [0.3, 0.4) is 0 Å². The molecule has 7 heteroatoms. The number of amides is 1. The van der Waals surface area contributed by atoms with E-state index in [4.69, 9.17) is 4.74 Å². The zero-order valence-electron chi connectivity index (χ0n) is 20.1. The maximum atomic E-state index is 12.9. The number of sulfonamides is 1. The number of para-hydroxylation sites is 1. The molecule has 0 aromatic heterocycles. The van der Waals surface area contributed by atoms with Crippen molar-refractivity contribution < 1.29 is 17.9 Å². The molecule has 2 aromatic rings. The van der Waals surface area contributed by atoms with Gasteiger partial charge in [0.1, 0.15) is 5.75 Å². The number of nitrogens with zero attached hydrogens (tertiary/aromatic N) is 1. The van der Waals surface area contributed by atoms with E-state index in [9.17, 15) is 13.2 Å². The molecule has 0 bridgehead atoms. The topological polar surface area (TPSA) is 75.7 Å². The highest BCUT2D eigenvalue weighted by Crippen LogP contribution is 2.30. The van der Waals surface area contributed by atoms with Crippen molar-refractivity contribution in [2.45, 2.75) is 70.3 Å². The van der Waals surface area contributed by atoms with Crippen LogP contribution in [0.25, 0.3) is 0 Å². The molecule has 1 fully saturated rings. The van der Waals surface area contributed by atoms with Gasteiger partial charge in [-0.1, -0.05) is 45.9 Å². The zero-order chi connectivity index (χ0) is 24.0. The first-order valence-electron chi connectivity index (χ1n) is 11.9. The molecule has 1 saturated heterocycles. The Morgan fingerprint density at radius 3 is 2.30 bits per heavy atom. The lowest BCUT2D eigenvalue weighted by molar-refractivity contribution is -0.122. The molecule has 0 aliphatic carbocycles. The van der Waals surface area contributed by atoms with Gasteiger partial charge in [-0.3, -0.25) is 4.79 Å². The minimum Gasteiger partial charge on any atom is -0.480 e. The zero-order valence-corrected chi connectivity index (χ0v) is 20.9. The summed E-state index contributed by atoms with van der Waals surface area (Å²) in [6.07, 6.45) is 2.61. The predicted molar refractivity (Wildman–Crippen MR) is 132 cm³/mol. The number of hydrogen-bond donors (Lipinski definition) is 1. The van der Waals surface area contributed by atoms with Crippen molar-refractivity contribution in [1.29, 1.82) is 0 Å². The fraction of sp³-hybridized carbons (Fsp3) is 0.500. The minimum atomic E-state index is -3.51. The molecule has 1 N–H and O–H groups in total. The Morgan fingerprint density at radius 2 is 1.70 bits per heavy atom. The fourth-order valence-corrected chi connectivity index (χ4v) is 5.47. The SMILES string of the molecule is CCC(Oc1ccccc1C(C)CC)C(=O)Nc1ccc(S(=O)(=O)N2CCC(C)CC2)cc1. The summed E-state index contributed by atoms with van der Waals surface area (Å²) in [6, 6.07) is 14.2. The first-order valence-corrected chi connectivity index (χ1v) is 13.4. The van der Waals surface area contributed by atoms with Gasteiger partial charge < -0.3 is 10.1 Å². The van der Waals surface area contributed by atoms with Crippen LogP contribution in [0.2, 0.25) is 0 Å². The van der Waals surface area contributed by atoms with Crippen LogP contribution in [0.4, 0.5) is 5.69 Å². The number of nitrogens with one attached hydrogen (secondary N) is 1. The summed E-state index contributed by atoms with van der Waals surface area (Å²) in [5.41, 5.74) is 1.64. The highest BCUT2D eigenvalue weighted by atomic mass is 32.2. The summed E-state index contributed by atoms with van der Waals surface area (Å²) in [6.45, 7) is 9.43. The molecule has 0 radical (unpaired) electrons. The molecule has 6 nitrogen and oxygen atoms in total. The summed E-state index contributed by atoms with van der Waals surface area (Å²) in [7, 11) is -3.51. The smallest absolute Gasteiger partial charge is 0.265 e. The van der Waals surface area contributed by atoms with E-state index in [0.717, 1.165) is 30.6 Å². The number of piperidine rings is 1. The van der Waals surface area contributed by atoms with Crippen LogP contribution in [0, 0.1) is 5.92 Å². The number of hydrogen-bond acceptors (Lipinski definition) is 4. The average molecular weight is 473 g/mol. The maximum absolute atomic E-state index is 12.9. The molecule has 1 heterocycles. The van der Waals surface area contributed by atoms with Gasteiger partial charge in [0, 0.05) is 18.8 Å². The number of ether oxygens (including phenoxy) is 1. The van der Waals surface area contributed by atoms with E-state index in [-0.39, 0.29) is 10.8 Å². The molecule has 0 saturated carbocycles. The standard InChI is InChI=1S/C26H36N2O4S/c1-5-20(4)23-9-7-8-10-25(23)32-24(6-2)26(29)27-21-11-13-22(14-12-21)33(30,31)28-17-15-19(3)16-18-28/h7-14,19-20,24H,5-6,15-18H2,1-4H3,(H,27,29). The Morgan fingerprint density at radius 1 is 1.06 bits per heavy atom. The molecular weight excluding hydrogens is 436 g/mol. The third kappa shape index (κ3) is 6.15. The van der Waals surface area contributed by atoms with E-state index in [1.54, 1.807) is 28.6 Å². The van der Waals surface area contributed by atoms with Gasteiger partial charge in [0.2, 0.25) is 10.0 Å². The second kappa shape index (κ2) is 11.2. The van der Waals surface area contributed by atoms with Crippen LogP contribution in [0.15, 0.2) is 53.4 Å². The molecule has 0 spiro atoms. The van der Waals surface area contributed by atoms with Gasteiger partial charge in [0.05, 0.1) is 4.90 Å². The lowest BCUT2D eigenvalue weighted by Gasteiger charge is -2.29. The predicted octanol–water partition coefficient (Wildman–Crippen LogP) is 5.42. The van der Waals surface area contributed by atoms with E-state index in [2.05, 4.69) is 26.1 Å². The average Bonchev–Trinajstić information content (AvgIpc) is 2.82. The second-order valence-corrected chi connectivity index (χ2v) is 10.9. The molecular formula is C26H36N2O4S. The van der Waals surface area contributed by atoms with Crippen molar-refractivity contribution in [3.63, 3.8) is 0 Å². The molecule has 33 heavy (non-hydrogen) atoms. The number of rotatable bonds is 9. The third-order valence-electron chi connectivity index (χ3n) is 6.50. The van der Waals surface area contributed by atoms with Crippen molar-refractivity contribution in [3.8, 4) is 5.75 Å². The Labute approximate surface area is 198 Å². The van der Waals surface area contributed by atoms with Gasteiger partial charge in [-0.2, -0.15) is 4.31 Å². The molecule has 2 unspecified atom stereocenters. The largest absolute Gasteiger partial charge is 0.480 e. The first kappa shape index (κ1) is 25.2. The van der Waals surface area contributed by atoms with Gasteiger partial charge in [-0.05, 0) is 73.4 Å². The Hall–Kier alpha value is -2.38. The molecule has 1 aliphatic heterocycles. The highest BCUT2D eigenvalue weighted by molar-refractivity contribution is 7.89. The quantitative estimate of drug-likeness (QED) is 0.529. The first-order chi connectivity index (χ1) is 15.8. The van der Waals surface area contributed by atoms with Crippen molar-refractivity contribution in [3.05, 3.63) is 54.1 Å². The third-order valence-corrected chi connectivity index (χ3v) is 8.41. The maximum Gasteiger partial charge on any atom is 0.265 e. The summed E-state index contributed by atoms with van der Waals surface area (Å²) in [5.74, 6) is 1.36. The normalized spacial score (nSPS) is 17.3. The molecule has 1 aliphatic rings.